The van der Waals surface area contributed by atoms with Gasteiger partial charge in [-0.05, 0) is 35.1 Å². The SMILES string of the molecule is CCCCCCCCCc1ccc(O[PH+]=O)cc1.[Co+3]. The predicted molar refractivity (Wildman–Crippen MR) is 77.8 cm³/mol. The predicted octanol–water partition coefficient (Wildman–Crippen LogP) is 5.30. The Morgan fingerprint density at radius 3 is 2.11 bits per heavy atom. The van der Waals surface area contributed by atoms with Gasteiger partial charge < -0.3 is 0 Å². The Morgan fingerprint density at radius 1 is 0.947 bits per heavy atom. The first-order valence-corrected chi connectivity index (χ1v) is 7.81. The topological polar surface area (TPSA) is 26.3 Å². The van der Waals surface area contributed by atoms with Gasteiger partial charge in [-0.1, -0.05) is 57.6 Å². The third-order valence-corrected chi connectivity index (χ3v) is 3.47. The van der Waals surface area contributed by atoms with Crippen molar-refractivity contribution in [2.24, 2.45) is 0 Å². The molecule has 0 aliphatic carbocycles. The van der Waals surface area contributed by atoms with E-state index in [9.17, 15) is 4.57 Å². The second kappa shape index (κ2) is 12.6. The summed E-state index contributed by atoms with van der Waals surface area (Å²) >= 11 is 0. The van der Waals surface area contributed by atoms with Crippen LogP contribution < -0.4 is 4.52 Å². The van der Waals surface area contributed by atoms with Crippen LogP contribution in [0.5, 0.6) is 5.75 Å². The van der Waals surface area contributed by atoms with Gasteiger partial charge in [0, 0.05) is 0 Å². The van der Waals surface area contributed by atoms with E-state index in [0.717, 1.165) is 6.42 Å². The van der Waals surface area contributed by atoms with E-state index in [1.165, 1.54) is 50.5 Å². The maximum absolute atomic E-state index is 10.3. The maximum Gasteiger partial charge on any atom is 3.00 e. The van der Waals surface area contributed by atoms with E-state index in [4.69, 9.17) is 4.52 Å². The van der Waals surface area contributed by atoms with Gasteiger partial charge in [0.2, 0.25) is 0 Å². The molecule has 1 aromatic rings. The third kappa shape index (κ3) is 9.20. The van der Waals surface area contributed by atoms with Crippen molar-refractivity contribution in [3.05, 3.63) is 29.8 Å². The first-order valence-electron chi connectivity index (χ1n) is 6.99. The number of aryl methyl sites for hydroxylation is 1. The molecule has 106 valence electrons. The van der Waals surface area contributed by atoms with Gasteiger partial charge in [-0.3, -0.25) is 4.52 Å². The van der Waals surface area contributed by atoms with Gasteiger partial charge in [-0.15, -0.1) is 0 Å². The molecule has 0 fully saturated rings. The molecule has 2 nitrogen and oxygen atoms in total. The standard InChI is InChI=1S/C15H24O2P.Co/c1-2-3-4-5-6-7-8-9-14-10-12-15(13-11-14)17-18-16;/h10-13,18H,2-9H2,1H3;/q+1;+3. The molecule has 0 N–H and O–H groups in total. The molecule has 0 heterocycles. The molecule has 19 heavy (non-hydrogen) atoms. The van der Waals surface area contributed by atoms with Gasteiger partial charge in [-0.2, -0.15) is 0 Å². The number of rotatable bonds is 10. The zero-order valence-electron chi connectivity index (χ0n) is 11.6. The Bertz CT molecular complexity index is 327. The Balaban J connectivity index is 0.00000324. The molecule has 0 saturated carbocycles. The van der Waals surface area contributed by atoms with Crippen LogP contribution in [0.1, 0.15) is 57.4 Å². The van der Waals surface area contributed by atoms with Gasteiger partial charge in [0.05, 0.1) is 0 Å². The Labute approximate surface area is 128 Å². The number of hydrogen-bond acceptors (Lipinski definition) is 2. The third-order valence-electron chi connectivity index (χ3n) is 3.15. The van der Waals surface area contributed by atoms with Crippen molar-refractivity contribution in [1.82, 2.24) is 0 Å². The summed E-state index contributed by atoms with van der Waals surface area (Å²) in [7, 11) is -0.718. The summed E-state index contributed by atoms with van der Waals surface area (Å²) in [5.41, 5.74) is 1.34. The van der Waals surface area contributed by atoms with Crippen molar-refractivity contribution >= 4 is 8.69 Å². The first-order chi connectivity index (χ1) is 8.86. The summed E-state index contributed by atoms with van der Waals surface area (Å²) in [5.74, 6) is 0.687. The van der Waals surface area contributed by atoms with Crippen LogP contribution in [-0.4, -0.2) is 0 Å². The van der Waals surface area contributed by atoms with Crippen LogP contribution in [0.25, 0.3) is 0 Å². The minimum Gasteiger partial charge on any atom is -0.256 e. The second-order valence-electron chi connectivity index (χ2n) is 4.70. The van der Waals surface area contributed by atoms with Crippen molar-refractivity contribution in [2.45, 2.75) is 58.3 Å². The van der Waals surface area contributed by atoms with Crippen LogP contribution >= 0.6 is 8.69 Å². The van der Waals surface area contributed by atoms with Crippen LogP contribution in [0.2, 0.25) is 0 Å². The van der Waals surface area contributed by atoms with Crippen molar-refractivity contribution in [2.75, 3.05) is 0 Å². The molecule has 0 aliphatic heterocycles. The van der Waals surface area contributed by atoms with E-state index in [1.807, 2.05) is 12.1 Å². The van der Waals surface area contributed by atoms with Gasteiger partial charge in [0.25, 0.3) is 0 Å². The molecule has 0 amide bonds. The van der Waals surface area contributed by atoms with Crippen molar-refractivity contribution in [3.8, 4) is 5.75 Å². The maximum atomic E-state index is 10.3. The van der Waals surface area contributed by atoms with Crippen molar-refractivity contribution in [3.63, 3.8) is 0 Å². The smallest absolute Gasteiger partial charge is 0.256 e. The van der Waals surface area contributed by atoms with Crippen LogP contribution in [0.3, 0.4) is 0 Å². The molecule has 0 aliphatic rings. The summed E-state index contributed by atoms with van der Waals surface area (Å²) in [4.78, 5) is 0. The van der Waals surface area contributed by atoms with Gasteiger partial charge >= 0.3 is 25.5 Å². The molecule has 0 spiro atoms. The summed E-state index contributed by atoms with van der Waals surface area (Å²) < 4.78 is 15.2. The molecule has 1 unspecified atom stereocenters. The molecule has 1 aromatic carbocycles. The molecule has 0 aromatic heterocycles. The number of benzene rings is 1. The quantitative estimate of drug-likeness (QED) is 0.431. The summed E-state index contributed by atoms with van der Waals surface area (Å²) in [6.07, 6.45) is 10.5. The van der Waals surface area contributed by atoms with Gasteiger partial charge in [0.1, 0.15) is 0 Å². The van der Waals surface area contributed by atoms with E-state index in [-0.39, 0.29) is 16.8 Å². The summed E-state index contributed by atoms with van der Waals surface area (Å²) in [5, 5.41) is 0. The average molecular weight is 326 g/mol. The minimum atomic E-state index is -0.718. The minimum absolute atomic E-state index is 0. The average Bonchev–Trinajstić information content (AvgIpc) is 2.40. The normalized spacial score (nSPS) is 10.2. The molecule has 0 saturated heterocycles. The van der Waals surface area contributed by atoms with E-state index in [1.54, 1.807) is 0 Å². The van der Waals surface area contributed by atoms with Crippen LogP contribution in [0, 0.1) is 0 Å². The summed E-state index contributed by atoms with van der Waals surface area (Å²) in [6.45, 7) is 2.25. The Kier molecular flexibility index (Phi) is 12.4. The van der Waals surface area contributed by atoms with Crippen molar-refractivity contribution in [1.29, 1.82) is 0 Å². The fourth-order valence-corrected chi connectivity index (χ4v) is 2.29. The Hall–Kier alpha value is -0.374. The van der Waals surface area contributed by atoms with E-state index in [2.05, 4.69) is 19.1 Å². The van der Waals surface area contributed by atoms with Crippen molar-refractivity contribution < 1.29 is 25.9 Å². The number of hydrogen-bond donors (Lipinski definition) is 0. The monoisotopic (exact) mass is 326 g/mol. The zero-order chi connectivity index (χ0) is 13.1. The Morgan fingerprint density at radius 2 is 1.53 bits per heavy atom. The first kappa shape index (κ1) is 18.6. The molecule has 1 atom stereocenters. The molecule has 0 bridgehead atoms. The van der Waals surface area contributed by atoms with E-state index >= 15 is 0 Å². The largest absolute Gasteiger partial charge is 3.00 e. The molecule has 4 heteroatoms. The number of unbranched alkanes of at least 4 members (excludes halogenated alkanes) is 6. The van der Waals surface area contributed by atoms with Crippen LogP contribution in [0.4, 0.5) is 0 Å². The van der Waals surface area contributed by atoms with E-state index < -0.39 is 8.69 Å². The zero-order valence-corrected chi connectivity index (χ0v) is 13.7. The van der Waals surface area contributed by atoms with Gasteiger partial charge in [0.15, 0.2) is 5.75 Å². The van der Waals surface area contributed by atoms with Crippen LogP contribution in [-0.2, 0) is 27.8 Å². The molecular formula is C15H24CoO2P+4. The summed E-state index contributed by atoms with van der Waals surface area (Å²) in [6, 6.07) is 7.90. The molecule has 1 rings (SSSR count). The second-order valence-corrected chi connectivity index (χ2v) is 5.07. The fraction of sp³-hybridized carbons (Fsp3) is 0.600. The van der Waals surface area contributed by atoms with Crippen LogP contribution in [0.15, 0.2) is 24.3 Å². The van der Waals surface area contributed by atoms with E-state index in [0.29, 0.717) is 5.75 Å². The molecular weight excluding hydrogens is 302 g/mol. The fourth-order valence-electron chi connectivity index (χ4n) is 2.06. The van der Waals surface area contributed by atoms with Gasteiger partial charge in [-0.25, -0.2) is 0 Å². The molecule has 0 radical (unpaired) electrons.